The number of hydrogen-bond donors (Lipinski definition) is 3. The first-order valence-corrected chi connectivity index (χ1v) is 34.9. The molecule has 0 aliphatic rings. The van der Waals surface area contributed by atoms with Gasteiger partial charge >= 0.3 is 5.97 Å². The van der Waals surface area contributed by atoms with Crippen LogP contribution in [-0.2, 0) is 14.3 Å². The van der Waals surface area contributed by atoms with E-state index in [0.29, 0.717) is 25.9 Å². The van der Waals surface area contributed by atoms with Gasteiger partial charge in [0, 0.05) is 12.8 Å². The molecule has 6 nitrogen and oxygen atoms in total. The molecular formula is C70H137NO5. The van der Waals surface area contributed by atoms with Crippen molar-refractivity contribution in [3.63, 3.8) is 0 Å². The molecule has 0 aromatic heterocycles. The maximum Gasteiger partial charge on any atom is 0.305 e. The van der Waals surface area contributed by atoms with Gasteiger partial charge in [0.25, 0.3) is 0 Å². The number of carbonyl (C=O) groups is 2. The summed E-state index contributed by atoms with van der Waals surface area (Å²) in [6.45, 7) is 4.99. The Balaban J connectivity index is 3.36. The van der Waals surface area contributed by atoms with Crippen LogP contribution in [0.1, 0.15) is 399 Å². The second kappa shape index (κ2) is 66.1. The van der Waals surface area contributed by atoms with Gasteiger partial charge in [-0.05, 0) is 51.4 Å². The van der Waals surface area contributed by atoms with Crippen molar-refractivity contribution in [3.05, 3.63) is 12.2 Å². The Morgan fingerprint density at radius 3 is 0.934 bits per heavy atom. The summed E-state index contributed by atoms with van der Waals surface area (Å²) in [5.74, 6) is -0.0120. The van der Waals surface area contributed by atoms with Crippen LogP contribution in [0.3, 0.4) is 0 Å². The quantitative estimate of drug-likeness (QED) is 0.0320. The molecule has 0 aromatic rings. The van der Waals surface area contributed by atoms with Crippen molar-refractivity contribution >= 4 is 11.9 Å². The fourth-order valence-electron chi connectivity index (χ4n) is 11.2. The monoisotopic (exact) mass is 1070 g/mol. The average Bonchev–Trinajstić information content (AvgIpc) is 3.42. The molecule has 3 N–H and O–H groups in total. The minimum Gasteiger partial charge on any atom is -0.466 e. The summed E-state index contributed by atoms with van der Waals surface area (Å²) in [5, 5.41) is 23.4. The van der Waals surface area contributed by atoms with Crippen LogP contribution in [0.25, 0.3) is 0 Å². The highest BCUT2D eigenvalue weighted by atomic mass is 16.5. The van der Waals surface area contributed by atoms with Crippen LogP contribution in [0.4, 0.5) is 0 Å². The predicted molar refractivity (Wildman–Crippen MR) is 333 cm³/mol. The van der Waals surface area contributed by atoms with Crippen LogP contribution in [0.2, 0.25) is 0 Å². The van der Waals surface area contributed by atoms with E-state index in [4.69, 9.17) is 4.74 Å². The summed E-state index contributed by atoms with van der Waals surface area (Å²) in [6.07, 6.45) is 81.1. The van der Waals surface area contributed by atoms with Crippen molar-refractivity contribution < 1.29 is 24.5 Å². The first-order chi connectivity index (χ1) is 37.5. The van der Waals surface area contributed by atoms with Gasteiger partial charge in [-0.2, -0.15) is 0 Å². The van der Waals surface area contributed by atoms with Crippen LogP contribution < -0.4 is 5.32 Å². The smallest absolute Gasteiger partial charge is 0.305 e. The number of rotatable bonds is 66. The van der Waals surface area contributed by atoms with E-state index >= 15 is 0 Å². The SMILES string of the molecule is CCCCCCCCCCCCCCCCCCCC(O)C(CO)NC(=O)CCCCCCCCCCCCCC/C=C\CCCCCCCCCCCCCCOC(=O)CCCCCCCCCCCCCCCC. The number of nitrogens with one attached hydrogen (secondary N) is 1. The summed E-state index contributed by atoms with van der Waals surface area (Å²) in [7, 11) is 0. The number of aliphatic hydroxyl groups is 2. The van der Waals surface area contributed by atoms with Gasteiger partial charge in [-0.1, -0.05) is 347 Å². The number of carbonyl (C=O) groups excluding carboxylic acids is 2. The van der Waals surface area contributed by atoms with E-state index in [1.807, 2.05) is 0 Å². The van der Waals surface area contributed by atoms with E-state index in [1.54, 1.807) is 0 Å². The molecule has 0 rings (SSSR count). The third-order valence-electron chi connectivity index (χ3n) is 16.6. The molecular weight excluding hydrogens is 935 g/mol. The van der Waals surface area contributed by atoms with Crippen LogP contribution in [-0.4, -0.2) is 47.4 Å². The van der Waals surface area contributed by atoms with Gasteiger partial charge < -0.3 is 20.3 Å². The number of ether oxygens (including phenoxy) is 1. The molecule has 0 aliphatic heterocycles. The van der Waals surface area contributed by atoms with Crippen LogP contribution in [0.15, 0.2) is 12.2 Å². The highest BCUT2D eigenvalue weighted by Gasteiger charge is 2.20. The van der Waals surface area contributed by atoms with Gasteiger partial charge in [0.05, 0.1) is 25.4 Å². The second-order valence-corrected chi connectivity index (χ2v) is 24.2. The fraction of sp³-hybridized carbons (Fsp3) is 0.943. The molecule has 452 valence electrons. The number of hydrogen-bond acceptors (Lipinski definition) is 5. The predicted octanol–water partition coefficient (Wildman–Crippen LogP) is 22.4. The Hall–Kier alpha value is -1.40. The number of amides is 1. The van der Waals surface area contributed by atoms with Gasteiger partial charge in [-0.15, -0.1) is 0 Å². The molecule has 0 fully saturated rings. The van der Waals surface area contributed by atoms with Crippen molar-refractivity contribution in [2.24, 2.45) is 0 Å². The summed E-state index contributed by atoms with van der Waals surface area (Å²) in [6, 6.07) is -0.541. The van der Waals surface area contributed by atoms with Gasteiger partial charge in [0.2, 0.25) is 5.91 Å². The van der Waals surface area contributed by atoms with Gasteiger partial charge in [0.1, 0.15) is 0 Å². The van der Waals surface area contributed by atoms with Crippen molar-refractivity contribution in [1.82, 2.24) is 5.32 Å². The van der Waals surface area contributed by atoms with Gasteiger partial charge in [-0.25, -0.2) is 0 Å². The zero-order valence-corrected chi connectivity index (χ0v) is 51.8. The Morgan fingerprint density at radius 2 is 0.618 bits per heavy atom. The Bertz CT molecular complexity index is 1140. The van der Waals surface area contributed by atoms with Crippen LogP contribution >= 0.6 is 0 Å². The van der Waals surface area contributed by atoms with E-state index in [9.17, 15) is 19.8 Å². The topological polar surface area (TPSA) is 95.9 Å². The zero-order chi connectivity index (χ0) is 55.0. The van der Waals surface area contributed by atoms with E-state index in [-0.39, 0.29) is 18.5 Å². The molecule has 2 atom stereocenters. The van der Waals surface area contributed by atoms with Crippen LogP contribution in [0, 0.1) is 0 Å². The number of unbranched alkanes of at least 4 members (excludes halogenated alkanes) is 53. The van der Waals surface area contributed by atoms with Gasteiger partial charge in [0.15, 0.2) is 0 Å². The maximum atomic E-state index is 12.5. The maximum absolute atomic E-state index is 12.5. The Kier molecular flexibility index (Phi) is 64.9. The molecule has 0 saturated carbocycles. The van der Waals surface area contributed by atoms with Crippen LogP contribution in [0.5, 0.6) is 0 Å². The third-order valence-corrected chi connectivity index (χ3v) is 16.6. The van der Waals surface area contributed by atoms with E-state index in [1.165, 1.54) is 327 Å². The standard InChI is InChI=1S/C70H137NO5/c1-3-5-7-9-11-13-15-17-19-32-35-38-42-46-50-54-58-62-68(73)67(66-72)71-69(74)63-59-55-51-47-43-39-36-33-30-28-26-24-22-20-21-23-25-27-29-31-34-37-41-45-49-53-57-61-65-76-70(75)64-60-56-52-48-44-40-18-16-14-12-10-8-6-4-2/h20-21,67-68,72-73H,3-19,22-66H2,1-2H3,(H,71,74)/b21-20-. The highest BCUT2D eigenvalue weighted by molar-refractivity contribution is 5.76. The molecule has 76 heavy (non-hydrogen) atoms. The first-order valence-electron chi connectivity index (χ1n) is 34.9. The van der Waals surface area contributed by atoms with E-state index < -0.39 is 12.1 Å². The molecule has 0 saturated heterocycles. The zero-order valence-electron chi connectivity index (χ0n) is 51.8. The summed E-state index contributed by atoms with van der Waals surface area (Å²) < 4.78 is 5.49. The average molecular weight is 1070 g/mol. The molecule has 0 aromatic carbocycles. The largest absolute Gasteiger partial charge is 0.466 e. The summed E-state index contributed by atoms with van der Waals surface area (Å²) >= 11 is 0. The Labute approximate surface area is 476 Å². The van der Waals surface area contributed by atoms with E-state index in [2.05, 4.69) is 31.3 Å². The molecule has 2 unspecified atom stereocenters. The number of allylic oxidation sites excluding steroid dienone is 2. The molecule has 0 radical (unpaired) electrons. The lowest BCUT2D eigenvalue weighted by Gasteiger charge is -2.22. The van der Waals surface area contributed by atoms with Crippen molar-refractivity contribution in [2.75, 3.05) is 13.2 Å². The molecule has 6 heteroatoms. The fourth-order valence-corrected chi connectivity index (χ4v) is 11.2. The van der Waals surface area contributed by atoms with Crippen molar-refractivity contribution in [2.45, 2.75) is 411 Å². The minimum absolute atomic E-state index is 0.0190. The molecule has 0 heterocycles. The number of aliphatic hydroxyl groups excluding tert-OH is 2. The Morgan fingerprint density at radius 1 is 0.355 bits per heavy atom. The minimum atomic E-state index is -0.664. The molecule has 0 aliphatic carbocycles. The van der Waals surface area contributed by atoms with Gasteiger partial charge in [-0.3, -0.25) is 9.59 Å². The summed E-state index contributed by atoms with van der Waals surface area (Å²) in [5.41, 5.74) is 0. The molecule has 0 spiro atoms. The lowest BCUT2D eigenvalue weighted by Crippen LogP contribution is -2.45. The van der Waals surface area contributed by atoms with E-state index in [0.717, 1.165) is 38.5 Å². The summed E-state index contributed by atoms with van der Waals surface area (Å²) in [4.78, 5) is 24.6. The lowest BCUT2D eigenvalue weighted by molar-refractivity contribution is -0.143. The van der Waals surface area contributed by atoms with Crippen molar-refractivity contribution in [1.29, 1.82) is 0 Å². The third kappa shape index (κ3) is 61.8. The van der Waals surface area contributed by atoms with Crippen molar-refractivity contribution in [3.8, 4) is 0 Å². The lowest BCUT2D eigenvalue weighted by atomic mass is 10.0. The second-order valence-electron chi connectivity index (χ2n) is 24.2. The molecule has 1 amide bonds. The number of esters is 1. The normalized spacial score (nSPS) is 12.5. The first kappa shape index (κ1) is 74.6. The molecule has 0 bridgehead atoms. The highest BCUT2D eigenvalue weighted by Crippen LogP contribution is 2.19.